The van der Waals surface area contributed by atoms with Gasteiger partial charge in [0, 0.05) is 13.0 Å². The SMILES string of the molecule is CCCCCCC/C=C\C/C=C\C/C=C\CCCCCCCCCCC(=O)OC(COCCCCCCCCCC)COP(=O)(O)OCC(N)C(=O)O. The molecule has 0 aliphatic carbocycles. The second kappa shape index (κ2) is 38.5. The van der Waals surface area contributed by atoms with Crippen molar-refractivity contribution in [2.45, 2.75) is 193 Å². The molecule has 0 rings (SSSR count). The Hall–Kier alpha value is -1.81. The highest BCUT2D eigenvalue weighted by Crippen LogP contribution is 2.43. The number of carbonyl (C=O) groups is 2. The molecular formula is C42H78NO9P. The fraction of sp³-hybridized carbons (Fsp3) is 0.810. The molecule has 0 heterocycles. The fourth-order valence-electron chi connectivity index (χ4n) is 5.61. The molecule has 0 saturated carbocycles. The zero-order valence-corrected chi connectivity index (χ0v) is 34.5. The lowest BCUT2D eigenvalue weighted by molar-refractivity contribution is -0.154. The van der Waals surface area contributed by atoms with Crippen LogP contribution in [0, 0.1) is 0 Å². The van der Waals surface area contributed by atoms with Crippen LogP contribution in [0.25, 0.3) is 0 Å². The number of aliphatic carboxylic acids is 1. The highest BCUT2D eigenvalue weighted by molar-refractivity contribution is 7.47. The number of esters is 1. The predicted octanol–water partition coefficient (Wildman–Crippen LogP) is 11.3. The van der Waals surface area contributed by atoms with Crippen LogP contribution < -0.4 is 5.73 Å². The summed E-state index contributed by atoms with van der Waals surface area (Å²) in [5.74, 6) is -1.79. The number of unbranched alkanes of at least 4 members (excludes halogenated alkanes) is 20. The Morgan fingerprint density at radius 2 is 1.04 bits per heavy atom. The smallest absolute Gasteiger partial charge is 0.472 e. The molecule has 0 amide bonds. The van der Waals surface area contributed by atoms with Crippen molar-refractivity contribution in [3.05, 3.63) is 36.5 Å². The summed E-state index contributed by atoms with van der Waals surface area (Å²) in [6.07, 6.45) is 42.1. The predicted molar refractivity (Wildman–Crippen MR) is 217 cm³/mol. The van der Waals surface area contributed by atoms with Crippen LogP contribution in [0.15, 0.2) is 36.5 Å². The molecule has 10 nitrogen and oxygen atoms in total. The van der Waals surface area contributed by atoms with Crippen molar-refractivity contribution in [3.8, 4) is 0 Å². The lowest BCUT2D eigenvalue weighted by Crippen LogP contribution is -2.34. The van der Waals surface area contributed by atoms with E-state index in [-0.39, 0.29) is 13.0 Å². The van der Waals surface area contributed by atoms with Crippen LogP contribution in [0.3, 0.4) is 0 Å². The minimum atomic E-state index is -4.61. The second-order valence-corrected chi connectivity index (χ2v) is 15.6. The Morgan fingerprint density at radius 1 is 0.604 bits per heavy atom. The first-order valence-corrected chi connectivity index (χ1v) is 22.5. The van der Waals surface area contributed by atoms with E-state index in [1.165, 1.54) is 96.3 Å². The van der Waals surface area contributed by atoms with E-state index in [9.17, 15) is 19.0 Å². The Kier molecular flexibility index (Phi) is 37.2. The maximum absolute atomic E-state index is 12.6. The molecule has 0 saturated heterocycles. The molecule has 4 N–H and O–H groups in total. The number of phosphoric acid groups is 1. The molecule has 0 aromatic rings. The van der Waals surface area contributed by atoms with Gasteiger partial charge < -0.3 is 25.2 Å². The summed E-state index contributed by atoms with van der Waals surface area (Å²) in [5.41, 5.74) is 5.34. The van der Waals surface area contributed by atoms with E-state index in [4.69, 9.17) is 24.8 Å². The standard InChI is InChI=1S/C42H78NO9P/c1-3-5-7-9-11-13-14-15-16-17-18-19-20-21-22-23-24-25-26-27-28-30-32-34-41(44)52-39(36-49-35-33-31-29-12-10-8-6-4-2)37-50-53(47,48)51-38-40(43)42(45)46/h14-15,17-18,20-21,39-40H,3-13,16,19,22-38,43H2,1-2H3,(H,45,46)(H,47,48)/b15-14-,18-17-,21-20-. The van der Waals surface area contributed by atoms with Crippen LogP contribution in [-0.2, 0) is 32.7 Å². The van der Waals surface area contributed by atoms with E-state index in [0.29, 0.717) is 13.0 Å². The Balaban J connectivity index is 4.13. The molecule has 3 unspecified atom stereocenters. The van der Waals surface area contributed by atoms with Gasteiger partial charge in [0.1, 0.15) is 12.1 Å². The molecule has 0 spiro atoms. The molecule has 53 heavy (non-hydrogen) atoms. The van der Waals surface area contributed by atoms with Crippen LogP contribution in [0.2, 0.25) is 0 Å². The molecule has 0 aliphatic rings. The van der Waals surface area contributed by atoms with Gasteiger partial charge in [0.05, 0.1) is 19.8 Å². The Bertz CT molecular complexity index is 988. The largest absolute Gasteiger partial charge is 0.480 e. The summed E-state index contributed by atoms with van der Waals surface area (Å²) >= 11 is 0. The van der Waals surface area contributed by atoms with E-state index in [1.54, 1.807) is 0 Å². The van der Waals surface area contributed by atoms with Crippen molar-refractivity contribution in [1.29, 1.82) is 0 Å². The number of ether oxygens (including phenoxy) is 2. The Labute approximate surface area is 323 Å². The van der Waals surface area contributed by atoms with Crippen molar-refractivity contribution in [2.75, 3.05) is 26.4 Å². The van der Waals surface area contributed by atoms with Crippen LogP contribution in [0.4, 0.5) is 0 Å². The van der Waals surface area contributed by atoms with Crippen LogP contribution in [0.5, 0.6) is 0 Å². The van der Waals surface area contributed by atoms with Gasteiger partial charge in [-0.15, -0.1) is 0 Å². The fourth-order valence-corrected chi connectivity index (χ4v) is 6.39. The maximum Gasteiger partial charge on any atom is 0.472 e. The molecule has 0 bridgehead atoms. The van der Waals surface area contributed by atoms with Crippen molar-refractivity contribution in [1.82, 2.24) is 0 Å². The number of phosphoric ester groups is 1. The van der Waals surface area contributed by atoms with Crippen LogP contribution >= 0.6 is 7.82 Å². The summed E-state index contributed by atoms with van der Waals surface area (Å²) in [5, 5.41) is 8.86. The number of hydrogen-bond donors (Lipinski definition) is 3. The Morgan fingerprint density at radius 3 is 1.55 bits per heavy atom. The topological polar surface area (TPSA) is 155 Å². The summed E-state index contributed by atoms with van der Waals surface area (Å²) in [6.45, 7) is 3.83. The van der Waals surface area contributed by atoms with Crippen LogP contribution in [-0.4, -0.2) is 60.5 Å². The number of hydrogen-bond acceptors (Lipinski definition) is 8. The lowest BCUT2D eigenvalue weighted by Gasteiger charge is -2.20. The highest BCUT2D eigenvalue weighted by atomic mass is 31.2. The van der Waals surface area contributed by atoms with Crippen molar-refractivity contribution < 1.29 is 42.7 Å². The minimum Gasteiger partial charge on any atom is -0.480 e. The number of carbonyl (C=O) groups excluding carboxylic acids is 1. The molecular weight excluding hydrogens is 693 g/mol. The minimum absolute atomic E-state index is 0.0148. The summed E-state index contributed by atoms with van der Waals surface area (Å²) in [7, 11) is -4.61. The van der Waals surface area contributed by atoms with Gasteiger partial charge in [-0.25, -0.2) is 4.57 Å². The third-order valence-corrected chi connectivity index (χ3v) is 9.87. The zero-order valence-electron chi connectivity index (χ0n) is 33.6. The zero-order chi connectivity index (χ0) is 39.1. The number of rotatable bonds is 40. The van der Waals surface area contributed by atoms with E-state index in [0.717, 1.165) is 57.8 Å². The first kappa shape index (κ1) is 51.2. The first-order chi connectivity index (χ1) is 25.7. The van der Waals surface area contributed by atoms with Crippen molar-refractivity contribution >= 4 is 19.8 Å². The molecule has 0 aromatic heterocycles. The van der Waals surface area contributed by atoms with E-state index in [2.05, 4.69) is 54.8 Å². The molecule has 3 atom stereocenters. The van der Waals surface area contributed by atoms with E-state index in [1.807, 2.05) is 0 Å². The lowest BCUT2D eigenvalue weighted by atomic mass is 10.1. The monoisotopic (exact) mass is 772 g/mol. The maximum atomic E-state index is 12.6. The van der Waals surface area contributed by atoms with E-state index < -0.39 is 45.1 Å². The number of carboxylic acids is 1. The molecule has 310 valence electrons. The molecule has 0 radical (unpaired) electrons. The van der Waals surface area contributed by atoms with Gasteiger partial charge >= 0.3 is 19.8 Å². The van der Waals surface area contributed by atoms with Gasteiger partial charge in [0.2, 0.25) is 0 Å². The van der Waals surface area contributed by atoms with E-state index >= 15 is 0 Å². The summed E-state index contributed by atoms with van der Waals surface area (Å²) in [6, 6.07) is -1.47. The third-order valence-electron chi connectivity index (χ3n) is 8.92. The quantitative estimate of drug-likeness (QED) is 0.0237. The van der Waals surface area contributed by atoms with Gasteiger partial charge in [-0.05, 0) is 51.4 Å². The molecule has 0 fully saturated rings. The number of nitrogens with two attached hydrogens (primary N) is 1. The molecule has 11 heteroatoms. The second-order valence-electron chi connectivity index (χ2n) is 14.1. The highest BCUT2D eigenvalue weighted by Gasteiger charge is 2.27. The van der Waals surface area contributed by atoms with Gasteiger partial charge in [0.25, 0.3) is 0 Å². The average molecular weight is 772 g/mol. The van der Waals surface area contributed by atoms with Gasteiger partial charge in [0.15, 0.2) is 0 Å². The number of allylic oxidation sites excluding steroid dienone is 6. The summed E-state index contributed by atoms with van der Waals surface area (Å²) < 4.78 is 33.2. The van der Waals surface area contributed by atoms with Crippen molar-refractivity contribution in [2.24, 2.45) is 5.73 Å². The molecule has 0 aromatic carbocycles. The number of carboxylic acid groups (broad SMARTS) is 1. The molecule has 0 aliphatic heterocycles. The first-order valence-electron chi connectivity index (χ1n) is 21.0. The van der Waals surface area contributed by atoms with Gasteiger partial charge in [-0.2, -0.15) is 0 Å². The van der Waals surface area contributed by atoms with Crippen LogP contribution in [0.1, 0.15) is 181 Å². The van der Waals surface area contributed by atoms with Crippen molar-refractivity contribution in [3.63, 3.8) is 0 Å². The normalized spacial score (nSPS) is 14.3. The summed E-state index contributed by atoms with van der Waals surface area (Å²) in [4.78, 5) is 33.4. The average Bonchev–Trinajstić information content (AvgIpc) is 3.13. The van der Waals surface area contributed by atoms with Gasteiger partial charge in [-0.3, -0.25) is 18.6 Å². The van der Waals surface area contributed by atoms with Gasteiger partial charge in [-0.1, -0.05) is 159 Å². The third kappa shape index (κ3) is 38.3.